The average molecular weight is 250 g/mol. The van der Waals surface area contributed by atoms with E-state index in [-0.39, 0.29) is 0 Å². The first-order chi connectivity index (χ1) is 8.28. The van der Waals surface area contributed by atoms with Gasteiger partial charge >= 0.3 is 0 Å². The third-order valence-electron chi connectivity index (χ3n) is 1.99. The summed E-state index contributed by atoms with van der Waals surface area (Å²) in [5, 5.41) is 4.63. The Kier molecular flexibility index (Phi) is 3.98. The Bertz CT molecular complexity index is 486. The highest BCUT2D eigenvalue weighted by Crippen LogP contribution is 2.25. The molecule has 0 unspecified atom stereocenters. The van der Waals surface area contributed by atoms with E-state index in [9.17, 15) is 0 Å². The normalized spacial score (nSPS) is 10.5. The van der Waals surface area contributed by atoms with Crippen LogP contribution in [-0.4, -0.2) is 21.5 Å². The molecule has 0 saturated heterocycles. The monoisotopic (exact) mass is 250 g/mol. The number of nitrogens with zero attached hydrogens (tertiary/aromatic N) is 3. The van der Waals surface area contributed by atoms with Crippen LogP contribution in [0.1, 0.15) is 19.0 Å². The molecule has 0 aromatic carbocycles. The molecule has 0 spiro atoms. The molecule has 0 aliphatic rings. The van der Waals surface area contributed by atoms with Crippen molar-refractivity contribution in [2.75, 3.05) is 11.9 Å². The molecular formula is C11H14N4OS. The third kappa shape index (κ3) is 3.45. The Balaban J connectivity index is 2.05. The number of hydrogen-bond acceptors (Lipinski definition) is 6. The van der Waals surface area contributed by atoms with Gasteiger partial charge in [0.15, 0.2) is 0 Å². The van der Waals surface area contributed by atoms with Crippen molar-refractivity contribution in [3.63, 3.8) is 0 Å². The van der Waals surface area contributed by atoms with Crippen molar-refractivity contribution in [3.05, 3.63) is 24.4 Å². The molecule has 2 rings (SSSR count). The minimum atomic E-state index is 0.600. The Labute approximate surface area is 104 Å². The lowest BCUT2D eigenvalue weighted by Crippen LogP contribution is -2.02. The Hall–Kier alpha value is -1.56. The van der Waals surface area contributed by atoms with E-state index < -0.39 is 0 Å². The van der Waals surface area contributed by atoms with Crippen LogP contribution in [0.3, 0.4) is 0 Å². The smallest absolute Gasteiger partial charge is 0.262 e. The van der Waals surface area contributed by atoms with Crippen LogP contribution in [0.15, 0.2) is 33.3 Å². The number of anilines is 1. The van der Waals surface area contributed by atoms with E-state index in [4.69, 9.17) is 4.42 Å². The zero-order valence-electron chi connectivity index (χ0n) is 9.80. The van der Waals surface area contributed by atoms with Gasteiger partial charge < -0.3 is 9.73 Å². The molecule has 0 aliphatic heterocycles. The SMILES string of the molecule is CCCNc1cc(Sc2nc(C)co2)ncn1. The van der Waals surface area contributed by atoms with Gasteiger partial charge in [0, 0.05) is 12.6 Å². The average Bonchev–Trinajstić information content (AvgIpc) is 2.73. The van der Waals surface area contributed by atoms with Crippen LogP contribution in [0, 0.1) is 6.92 Å². The van der Waals surface area contributed by atoms with E-state index in [0.29, 0.717) is 5.22 Å². The maximum Gasteiger partial charge on any atom is 0.262 e. The second-order valence-corrected chi connectivity index (χ2v) is 4.50. The topological polar surface area (TPSA) is 63.8 Å². The first-order valence-electron chi connectivity index (χ1n) is 5.44. The van der Waals surface area contributed by atoms with Crippen molar-refractivity contribution < 1.29 is 4.42 Å². The zero-order chi connectivity index (χ0) is 12.1. The Morgan fingerprint density at radius 1 is 1.41 bits per heavy atom. The van der Waals surface area contributed by atoms with E-state index in [2.05, 4.69) is 27.2 Å². The van der Waals surface area contributed by atoms with Crippen molar-refractivity contribution >= 4 is 17.6 Å². The molecule has 0 aliphatic carbocycles. The van der Waals surface area contributed by atoms with E-state index in [1.165, 1.54) is 18.1 Å². The second-order valence-electron chi connectivity index (χ2n) is 3.53. The quantitative estimate of drug-likeness (QED) is 0.823. The molecule has 0 bridgehead atoms. The van der Waals surface area contributed by atoms with E-state index in [0.717, 1.165) is 29.5 Å². The molecule has 1 N–H and O–H groups in total. The lowest BCUT2D eigenvalue weighted by molar-refractivity contribution is 0.454. The number of aromatic nitrogens is 3. The summed E-state index contributed by atoms with van der Waals surface area (Å²) in [5.74, 6) is 0.827. The second kappa shape index (κ2) is 5.67. The van der Waals surface area contributed by atoms with Crippen molar-refractivity contribution in [2.45, 2.75) is 30.5 Å². The highest BCUT2D eigenvalue weighted by Gasteiger charge is 2.05. The first kappa shape index (κ1) is 11.9. The van der Waals surface area contributed by atoms with Gasteiger partial charge in [-0.05, 0) is 25.1 Å². The number of oxazole rings is 1. The first-order valence-corrected chi connectivity index (χ1v) is 6.25. The summed E-state index contributed by atoms with van der Waals surface area (Å²) in [6.07, 6.45) is 4.22. The van der Waals surface area contributed by atoms with Crippen molar-refractivity contribution in [2.24, 2.45) is 0 Å². The van der Waals surface area contributed by atoms with Crippen molar-refractivity contribution in [3.8, 4) is 0 Å². The van der Waals surface area contributed by atoms with Gasteiger partial charge in [-0.2, -0.15) is 0 Å². The fourth-order valence-electron chi connectivity index (χ4n) is 1.21. The molecular weight excluding hydrogens is 236 g/mol. The van der Waals surface area contributed by atoms with E-state index in [1.807, 2.05) is 13.0 Å². The van der Waals surface area contributed by atoms with Crippen molar-refractivity contribution in [1.29, 1.82) is 0 Å². The molecule has 0 radical (unpaired) electrons. The van der Waals surface area contributed by atoms with Crippen LogP contribution in [0.2, 0.25) is 0 Å². The maximum atomic E-state index is 5.26. The standard InChI is InChI=1S/C11H14N4OS/c1-3-4-12-9-5-10(14-7-13-9)17-11-15-8(2)6-16-11/h5-7H,3-4H2,1-2H3,(H,12,13,14). The fraction of sp³-hybridized carbons (Fsp3) is 0.364. The summed E-state index contributed by atoms with van der Waals surface area (Å²) in [4.78, 5) is 12.5. The molecule has 90 valence electrons. The Morgan fingerprint density at radius 3 is 3.00 bits per heavy atom. The molecule has 17 heavy (non-hydrogen) atoms. The molecule has 5 nitrogen and oxygen atoms in total. The number of rotatable bonds is 5. The van der Waals surface area contributed by atoms with E-state index in [1.54, 1.807) is 6.26 Å². The van der Waals surface area contributed by atoms with Crippen LogP contribution in [0.25, 0.3) is 0 Å². The minimum Gasteiger partial charge on any atom is -0.439 e. The number of hydrogen-bond donors (Lipinski definition) is 1. The number of aryl methyl sites for hydroxylation is 1. The predicted octanol–water partition coefficient (Wildman–Crippen LogP) is 2.75. The van der Waals surface area contributed by atoms with Crippen LogP contribution >= 0.6 is 11.8 Å². The predicted molar refractivity (Wildman–Crippen MR) is 66.2 cm³/mol. The summed E-state index contributed by atoms with van der Waals surface area (Å²) in [5.41, 5.74) is 0.867. The third-order valence-corrected chi connectivity index (χ3v) is 2.78. The highest BCUT2D eigenvalue weighted by molar-refractivity contribution is 7.99. The molecule has 2 aromatic rings. The molecule has 2 aromatic heterocycles. The molecule has 0 amide bonds. The lowest BCUT2D eigenvalue weighted by atomic mass is 10.4. The largest absolute Gasteiger partial charge is 0.439 e. The van der Waals surface area contributed by atoms with Gasteiger partial charge in [0.1, 0.15) is 23.4 Å². The summed E-state index contributed by atoms with van der Waals surface area (Å²) < 4.78 is 5.26. The van der Waals surface area contributed by atoms with Crippen molar-refractivity contribution in [1.82, 2.24) is 15.0 Å². The molecule has 0 saturated carbocycles. The van der Waals surface area contributed by atoms with Crippen LogP contribution in [-0.2, 0) is 0 Å². The molecule has 6 heteroatoms. The molecule has 2 heterocycles. The summed E-state index contributed by atoms with van der Waals surface area (Å²) in [7, 11) is 0. The Morgan fingerprint density at radius 2 is 2.29 bits per heavy atom. The maximum absolute atomic E-state index is 5.26. The van der Waals surface area contributed by atoms with E-state index >= 15 is 0 Å². The van der Waals surface area contributed by atoms with Gasteiger partial charge in [-0.3, -0.25) is 0 Å². The van der Waals surface area contributed by atoms with Gasteiger partial charge in [-0.1, -0.05) is 6.92 Å². The lowest BCUT2D eigenvalue weighted by Gasteiger charge is -2.03. The minimum absolute atomic E-state index is 0.600. The summed E-state index contributed by atoms with van der Waals surface area (Å²) in [6, 6.07) is 1.89. The molecule has 0 fully saturated rings. The van der Waals surface area contributed by atoms with Gasteiger partial charge in [-0.25, -0.2) is 15.0 Å². The fourth-order valence-corrected chi connectivity index (χ4v) is 1.95. The summed E-state index contributed by atoms with van der Waals surface area (Å²) in [6.45, 7) is 4.90. The van der Waals surface area contributed by atoms with Crippen LogP contribution in [0.4, 0.5) is 5.82 Å². The van der Waals surface area contributed by atoms with Gasteiger partial charge in [0.25, 0.3) is 5.22 Å². The van der Waals surface area contributed by atoms with Gasteiger partial charge in [0.05, 0.1) is 5.69 Å². The number of nitrogens with one attached hydrogen (secondary N) is 1. The molecule has 0 atom stereocenters. The van der Waals surface area contributed by atoms with Gasteiger partial charge in [-0.15, -0.1) is 0 Å². The van der Waals surface area contributed by atoms with Crippen LogP contribution in [0.5, 0.6) is 0 Å². The van der Waals surface area contributed by atoms with Crippen LogP contribution < -0.4 is 5.32 Å². The van der Waals surface area contributed by atoms with Gasteiger partial charge in [0.2, 0.25) is 0 Å². The summed E-state index contributed by atoms with van der Waals surface area (Å²) >= 11 is 1.39. The highest BCUT2D eigenvalue weighted by atomic mass is 32.2. The zero-order valence-corrected chi connectivity index (χ0v) is 10.6.